The molecular formula is C16H15BrFNO2. The third-order valence-corrected chi connectivity index (χ3v) is 3.94. The van der Waals surface area contributed by atoms with Crippen molar-refractivity contribution < 1.29 is 13.9 Å². The highest BCUT2D eigenvalue weighted by Gasteiger charge is 2.20. The Kier molecular flexibility index (Phi) is 4.12. The van der Waals surface area contributed by atoms with Crippen LogP contribution >= 0.6 is 15.9 Å². The van der Waals surface area contributed by atoms with Crippen LogP contribution in [0.4, 0.5) is 4.39 Å². The van der Waals surface area contributed by atoms with Gasteiger partial charge in [-0.15, -0.1) is 0 Å². The fourth-order valence-electron chi connectivity index (χ4n) is 2.43. The minimum absolute atomic E-state index is 0.254. The number of hydrogen-bond donors (Lipinski definition) is 1. The van der Waals surface area contributed by atoms with E-state index in [1.165, 1.54) is 6.07 Å². The number of ether oxygens (including phenoxy) is 2. The Hall–Kier alpha value is -1.59. The van der Waals surface area contributed by atoms with Crippen LogP contribution in [0.5, 0.6) is 11.5 Å². The molecule has 1 aliphatic rings. The number of benzene rings is 2. The first-order chi connectivity index (χ1) is 10.1. The summed E-state index contributed by atoms with van der Waals surface area (Å²) < 4.78 is 25.9. The molecule has 2 N–H and O–H groups in total. The zero-order chi connectivity index (χ0) is 14.8. The molecule has 2 aromatic rings. The number of fused-ring (bicyclic) bond motifs is 1. The van der Waals surface area contributed by atoms with E-state index in [1.807, 2.05) is 18.2 Å². The fraction of sp³-hybridized carbons (Fsp3) is 0.250. The highest BCUT2D eigenvalue weighted by Crippen LogP contribution is 2.37. The largest absolute Gasteiger partial charge is 0.486 e. The average Bonchev–Trinajstić information content (AvgIpc) is 2.50. The number of rotatable bonds is 3. The Labute approximate surface area is 131 Å². The molecule has 1 unspecified atom stereocenters. The molecule has 0 fully saturated rings. The van der Waals surface area contributed by atoms with E-state index in [0.717, 1.165) is 10.0 Å². The summed E-state index contributed by atoms with van der Waals surface area (Å²) in [5, 5.41) is 0. The molecule has 0 bridgehead atoms. The van der Waals surface area contributed by atoms with Crippen molar-refractivity contribution >= 4 is 15.9 Å². The maximum atomic E-state index is 13.9. The topological polar surface area (TPSA) is 44.5 Å². The average molecular weight is 352 g/mol. The smallest absolute Gasteiger partial charge is 0.166 e. The van der Waals surface area contributed by atoms with Crippen LogP contribution in [0.2, 0.25) is 0 Å². The van der Waals surface area contributed by atoms with Gasteiger partial charge in [0, 0.05) is 16.1 Å². The van der Waals surface area contributed by atoms with Crippen molar-refractivity contribution in [2.45, 2.75) is 12.5 Å². The van der Waals surface area contributed by atoms with Crippen molar-refractivity contribution in [3.63, 3.8) is 0 Å². The van der Waals surface area contributed by atoms with Crippen LogP contribution in [0.25, 0.3) is 0 Å². The molecule has 0 aliphatic carbocycles. The second-order valence-electron chi connectivity index (χ2n) is 4.92. The van der Waals surface area contributed by atoms with E-state index in [0.29, 0.717) is 36.7 Å². The summed E-state index contributed by atoms with van der Waals surface area (Å²) in [4.78, 5) is 0. The van der Waals surface area contributed by atoms with Crippen molar-refractivity contribution in [2.75, 3.05) is 13.2 Å². The quantitative estimate of drug-likeness (QED) is 0.918. The molecule has 21 heavy (non-hydrogen) atoms. The third kappa shape index (κ3) is 3.04. The van der Waals surface area contributed by atoms with Gasteiger partial charge in [0.25, 0.3) is 0 Å². The van der Waals surface area contributed by atoms with Crippen molar-refractivity contribution in [3.8, 4) is 11.5 Å². The SMILES string of the molecule is NC(Cc1cc(Br)ccc1F)c1cccc2c1OCCO2. The molecule has 0 aromatic heterocycles. The van der Waals surface area contributed by atoms with Crippen LogP contribution in [0, 0.1) is 5.82 Å². The first-order valence-corrected chi connectivity index (χ1v) is 7.52. The lowest BCUT2D eigenvalue weighted by molar-refractivity contribution is 0.169. The summed E-state index contributed by atoms with van der Waals surface area (Å²) in [7, 11) is 0. The zero-order valence-corrected chi connectivity index (χ0v) is 12.9. The van der Waals surface area contributed by atoms with Crippen molar-refractivity contribution in [2.24, 2.45) is 5.73 Å². The van der Waals surface area contributed by atoms with Crippen LogP contribution < -0.4 is 15.2 Å². The summed E-state index contributed by atoms with van der Waals surface area (Å²) >= 11 is 3.35. The summed E-state index contributed by atoms with van der Waals surface area (Å²) in [6.45, 7) is 1.04. The van der Waals surface area contributed by atoms with Gasteiger partial charge in [-0.05, 0) is 36.2 Å². The minimum atomic E-state index is -0.356. The van der Waals surface area contributed by atoms with Crippen LogP contribution in [0.3, 0.4) is 0 Å². The van der Waals surface area contributed by atoms with E-state index in [2.05, 4.69) is 15.9 Å². The molecule has 3 nitrogen and oxygen atoms in total. The lowest BCUT2D eigenvalue weighted by atomic mass is 9.98. The predicted molar refractivity (Wildman–Crippen MR) is 82.2 cm³/mol. The predicted octanol–water partition coefficient (Wildman–Crippen LogP) is 3.60. The van der Waals surface area contributed by atoms with Gasteiger partial charge in [0.2, 0.25) is 0 Å². The molecule has 1 atom stereocenters. The molecular weight excluding hydrogens is 337 g/mol. The zero-order valence-electron chi connectivity index (χ0n) is 11.3. The van der Waals surface area contributed by atoms with Gasteiger partial charge in [-0.2, -0.15) is 0 Å². The van der Waals surface area contributed by atoms with E-state index < -0.39 is 0 Å². The van der Waals surface area contributed by atoms with E-state index >= 15 is 0 Å². The normalized spacial score (nSPS) is 14.8. The Balaban J connectivity index is 1.89. The molecule has 5 heteroatoms. The molecule has 0 saturated carbocycles. The molecule has 1 aliphatic heterocycles. The van der Waals surface area contributed by atoms with Crippen LogP contribution in [0.1, 0.15) is 17.2 Å². The van der Waals surface area contributed by atoms with Gasteiger partial charge in [0.1, 0.15) is 19.0 Å². The summed E-state index contributed by atoms with van der Waals surface area (Å²) in [6, 6.07) is 10.1. The van der Waals surface area contributed by atoms with E-state index in [4.69, 9.17) is 15.2 Å². The highest BCUT2D eigenvalue weighted by molar-refractivity contribution is 9.10. The lowest BCUT2D eigenvalue weighted by Gasteiger charge is -2.23. The molecule has 0 saturated heterocycles. The van der Waals surface area contributed by atoms with Gasteiger partial charge in [-0.25, -0.2) is 4.39 Å². The summed E-state index contributed by atoms with van der Waals surface area (Å²) in [5.41, 5.74) is 7.67. The van der Waals surface area contributed by atoms with Gasteiger partial charge in [0.15, 0.2) is 11.5 Å². The monoisotopic (exact) mass is 351 g/mol. The Morgan fingerprint density at radius 3 is 2.86 bits per heavy atom. The van der Waals surface area contributed by atoms with Gasteiger partial charge in [-0.1, -0.05) is 28.1 Å². The fourth-order valence-corrected chi connectivity index (χ4v) is 2.84. The van der Waals surface area contributed by atoms with Crippen LogP contribution in [-0.4, -0.2) is 13.2 Å². The maximum absolute atomic E-state index is 13.9. The van der Waals surface area contributed by atoms with E-state index in [9.17, 15) is 4.39 Å². The number of halogens is 2. The highest BCUT2D eigenvalue weighted by atomic mass is 79.9. The molecule has 0 spiro atoms. The van der Waals surface area contributed by atoms with Gasteiger partial charge in [0.05, 0.1) is 0 Å². The van der Waals surface area contributed by atoms with E-state index in [-0.39, 0.29) is 11.9 Å². The van der Waals surface area contributed by atoms with Gasteiger partial charge < -0.3 is 15.2 Å². The third-order valence-electron chi connectivity index (χ3n) is 3.44. The van der Waals surface area contributed by atoms with Gasteiger partial charge >= 0.3 is 0 Å². The van der Waals surface area contributed by atoms with Crippen molar-refractivity contribution in [1.29, 1.82) is 0 Å². The van der Waals surface area contributed by atoms with Crippen molar-refractivity contribution in [3.05, 3.63) is 57.8 Å². The van der Waals surface area contributed by atoms with Crippen LogP contribution in [0.15, 0.2) is 40.9 Å². The molecule has 0 radical (unpaired) electrons. The molecule has 2 aromatic carbocycles. The lowest BCUT2D eigenvalue weighted by Crippen LogP contribution is -2.20. The second kappa shape index (κ2) is 6.03. The van der Waals surface area contributed by atoms with Gasteiger partial charge in [-0.3, -0.25) is 0 Å². The first kappa shape index (κ1) is 14.4. The minimum Gasteiger partial charge on any atom is -0.486 e. The number of para-hydroxylation sites is 1. The molecule has 110 valence electrons. The Morgan fingerprint density at radius 2 is 2.00 bits per heavy atom. The summed E-state index contributed by atoms with van der Waals surface area (Å²) in [5.74, 6) is 1.12. The van der Waals surface area contributed by atoms with Crippen LogP contribution in [-0.2, 0) is 6.42 Å². The molecule has 1 heterocycles. The first-order valence-electron chi connectivity index (χ1n) is 6.73. The molecule has 3 rings (SSSR count). The Morgan fingerprint density at radius 1 is 1.19 bits per heavy atom. The number of nitrogens with two attached hydrogens (primary N) is 1. The van der Waals surface area contributed by atoms with Crippen molar-refractivity contribution in [1.82, 2.24) is 0 Å². The van der Waals surface area contributed by atoms with E-state index in [1.54, 1.807) is 12.1 Å². The Bertz CT molecular complexity index is 663. The standard InChI is InChI=1S/C16H15BrFNO2/c17-11-4-5-13(18)10(8-11)9-14(19)12-2-1-3-15-16(12)21-7-6-20-15/h1-5,8,14H,6-7,9,19H2. The maximum Gasteiger partial charge on any atom is 0.166 e. The summed E-state index contributed by atoms with van der Waals surface area (Å²) in [6.07, 6.45) is 0.394. The second-order valence-corrected chi connectivity index (χ2v) is 5.83. The number of hydrogen-bond acceptors (Lipinski definition) is 3. The molecule has 0 amide bonds.